The van der Waals surface area contributed by atoms with E-state index in [1.807, 2.05) is 54.6 Å². The molecule has 196 valence electrons. The van der Waals surface area contributed by atoms with Crippen LogP contribution in [0.1, 0.15) is 49.7 Å². The van der Waals surface area contributed by atoms with Crippen LogP contribution >= 0.6 is 0 Å². The topological polar surface area (TPSA) is 140 Å². The summed E-state index contributed by atoms with van der Waals surface area (Å²) in [7, 11) is 0. The van der Waals surface area contributed by atoms with Crippen LogP contribution in [0.15, 0.2) is 88.4 Å². The first-order chi connectivity index (χ1) is 18.3. The summed E-state index contributed by atoms with van der Waals surface area (Å²) in [6.07, 6.45) is 7.67. The molecule has 0 spiro atoms. The fourth-order valence-corrected chi connectivity index (χ4v) is 5.55. The van der Waals surface area contributed by atoms with Crippen LogP contribution < -0.4 is 16.3 Å². The molecule has 9 heteroatoms. The van der Waals surface area contributed by atoms with Crippen LogP contribution in [0.3, 0.4) is 0 Å². The molecular formula is C29H32N5O4+. The lowest BCUT2D eigenvalue weighted by Gasteiger charge is -2.36. The van der Waals surface area contributed by atoms with Crippen LogP contribution in [-0.4, -0.2) is 33.6 Å². The highest BCUT2D eigenvalue weighted by Crippen LogP contribution is 2.47. The number of amidine groups is 1. The number of aliphatic imine (C=N–C) groups is 2. The lowest BCUT2D eigenvalue weighted by molar-refractivity contribution is -0.750. The number of benzene rings is 2. The monoisotopic (exact) mass is 514 g/mol. The fourth-order valence-electron chi connectivity index (χ4n) is 5.55. The number of carbonyl (C=O) groups excluding carboxylic acids is 1. The number of hydrogen-bond acceptors (Lipinski definition) is 6. The van der Waals surface area contributed by atoms with Gasteiger partial charge in [0.25, 0.3) is 5.84 Å². The van der Waals surface area contributed by atoms with Gasteiger partial charge in [-0.05, 0) is 55.9 Å². The minimum atomic E-state index is -0.943. The van der Waals surface area contributed by atoms with E-state index in [4.69, 9.17) is 21.3 Å². The van der Waals surface area contributed by atoms with E-state index in [9.17, 15) is 14.7 Å². The molecule has 1 amide bonds. The summed E-state index contributed by atoms with van der Waals surface area (Å²) in [6, 6.07) is 17.7. The number of ether oxygens (including phenoxy) is 1. The highest BCUT2D eigenvalue weighted by Gasteiger charge is 2.49. The lowest BCUT2D eigenvalue weighted by Crippen LogP contribution is -2.53. The molecule has 2 aromatic carbocycles. The quantitative estimate of drug-likeness (QED) is 0.343. The Hall–Kier alpha value is -4.08. The minimum Gasteiger partial charge on any atom is -0.489 e. The van der Waals surface area contributed by atoms with Crippen LogP contribution in [0.4, 0.5) is 0 Å². The first-order valence-corrected chi connectivity index (χ1v) is 12.8. The number of fused-ring (bicyclic) bond motifs is 1. The molecule has 0 aromatic heterocycles. The maximum atomic E-state index is 12.2. The van der Waals surface area contributed by atoms with E-state index >= 15 is 0 Å². The lowest BCUT2D eigenvalue weighted by atomic mass is 9.67. The fraction of sp³-hybridized carbons (Fsp3) is 0.310. The molecule has 1 saturated carbocycles. The molecule has 0 radical (unpaired) electrons. The van der Waals surface area contributed by atoms with Gasteiger partial charge in [0.1, 0.15) is 24.3 Å². The Kier molecular flexibility index (Phi) is 6.96. The van der Waals surface area contributed by atoms with E-state index in [2.05, 4.69) is 4.99 Å². The van der Waals surface area contributed by atoms with Crippen molar-refractivity contribution in [1.82, 2.24) is 0 Å². The van der Waals surface area contributed by atoms with Gasteiger partial charge in [-0.2, -0.15) is 10.8 Å². The van der Waals surface area contributed by atoms with Gasteiger partial charge in [-0.25, -0.2) is 0 Å². The number of nitrogens with two attached hydrogens (primary N) is 2. The Bertz CT molecular complexity index is 1360. The van der Waals surface area contributed by atoms with Gasteiger partial charge in [0.2, 0.25) is 11.6 Å². The summed E-state index contributed by atoms with van der Waals surface area (Å²) in [5.74, 6) is 6.97. The minimum absolute atomic E-state index is 0.0278. The first-order valence-electron chi connectivity index (χ1n) is 12.8. The van der Waals surface area contributed by atoms with E-state index in [-0.39, 0.29) is 23.4 Å². The molecule has 0 bridgehead atoms. The number of carboxylic acid groups (broad SMARTS) is 1. The van der Waals surface area contributed by atoms with Crippen LogP contribution in [0, 0.1) is 11.3 Å². The summed E-state index contributed by atoms with van der Waals surface area (Å²) in [6.45, 7) is 0.448. The van der Waals surface area contributed by atoms with Crippen LogP contribution in [0.25, 0.3) is 0 Å². The highest BCUT2D eigenvalue weighted by atomic mass is 16.5. The second kappa shape index (κ2) is 10.4. The second-order valence-electron chi connectivity index (χ2n) is 10.2. The zero-order valence-corrected chi connectivity index (χ0v) is 21.1. The van der Waals surface area contributed by atoms with Gasteiger partial charge in [0.15, 0.2) is 0 Å². The number of carbonyl (C=O) groups is 2. The molecule has 2 aromatic rings. The third-order valence-electron chi connectivity index (χ3n) is 7.80. The average molecular weight is 515 g/mol. The van der Waals surface area contributed by atoms with E-state index < -0.39 is 17.3 Å². The molecule has 5 rings (SSSR count). The van der Waals surface area contributed by atoms with Gasteiger partial charge < -0.3 is 15.6 Å². The Labute approximate surface area is 221 Å². The zero-order valence-electron chi connectivity index (χ0n) is 21.1. The van der Waals surface area contributed by atoms with E-state index in [1.165, 1.54) is 0 Å². The molecule has 9 nitrogen and oxygen atoms in total. The summed E-state index contributed by atoms with van der Waals surface area (Å²) in [5.41, 5.74) is 7.89. The summed E-state index contributed by atoms with van der Waals surface area (Å²) < 4.78 is 5.93. The van der Waals surface area contributed by atoms with Crippen molar-refractivity contribution in [2.75, 3.05) is 0 Å². The molecule has 5 N–H and O–H groups in total. The highest BCUT2D eigenvalue weighted by molar-refractivity contribution is 6.00. The van der Waals surface area contributed by atoms with Gasteiger partial charge in [-0.3, -0.25) is 14.6 Å². The number of hydrogen-bond donors (Lipinski definition) is 3. The summed E-state index contributed by atoms with van der Waals surface area (Å²) in [4.78, 5) is 32.9. The van der Waals surface area contributed by atoms with Crippen molar-refractivity contribution in [3.8, 4) is 5.75 Å². The summed E-state index contributed by atoms with van der Waals surface area (Å²) >= 11 is 0. The number of quaternary nitrogens is 1. The number of amides is 1. The number of nitrogens with zero attached hydrogens (tertiary/aromatic N) is 3. The first kappa shape index (κ1) is 25.6. The smallest absolute Gasteiger partial charge is 0.309 e. The molecule has 1 atom stereocenters. The number of aliphatic carboxylic acids is 1. The molecule has 0 saturated heterocycles. The Morgan fingerprint density at radius 2 is 1.87 bits per heavy atom. The van der Waals surface area contributed by atoms with Gasteiger partial charge in [-0.1, -0.05) is 36.4 Å². The maximum Gasteiger partial charge on any atom is 0.309 e. The number of primary amides is 1. The second-order valence-corrected chi connectivity index (χ2v) is 10.2. The van der Waals surface area contributed by atoms with Gasteiger partial charge >= 0.3 is 5.97 Å². The predicted molar refractivity (Wildman–Crippen MR) is 143 cm³/mol. The van der Waals surface area contributed by atoms with Gasteiger partial charge in [-0.15, -0.1) is 4.59 Å². The molecular weight excluding hydrogens is 482 g/mol. The number of allylic oxidation sites excluding steroid dienone is 2. The normalized spacial score (nSPS) is 26.1. The van der Waals surface area contributed by atoms with Crippen LogP contribution in [-0.2, 0) is 16.2 Å². The van der Waals surface area contributed by atoms with Crippen molar-refractivity contribution in [1.29, 1.82) is 0 Å². The number of carboxylic acids is 1. The molecule has 38 heavy (non-hydrogen) atoms. The van der Waals surface area contributed by atoms with Crippen molar-refractivity contribution in [3.05, 3.63) is 89.5 Å². The van der Waals surface area contributed by atoms with E-state index in [1.54, 1.807) is 18.6 Å². The maximum absolute atomic E-state index is 12.2. The number of rotatable bonds is 9. The van der Waals surface area contributed by atoms with Crippen LogP contribution in [0.2, 0.25) is 0 Å². The molecule has 1 unspecified atom stereocenters. The molecule has 1 aliphatic carbocycles. The summed E-state index contributed by atoms with van der Waals surface area (Å²) in [5, 5.41) is 9.96. The van der Waals surface area contributed by atoms with Crippen molar-refractivity contribution in [2.45, 2.75) is 45.1 Å². The van der Waals surface area contributed by atoms with Crippen molar-refractivity contribution < 1.29 is 24.0 Å². The Morgan fingerprint density at radius 1 is 1.11 bits per heavy atom. The largest absolute Gasteiger partial charge is 0.489 e. The van der Waals surface area contributed by atoms with Crippen molar-refractivity contribution in [3.63, 3.8) is 0 Å². The SMILES string of the molecule is NC(=O)CCC1(C(=O)O)CCC(C2=C3C=NC=C[N+]3(N)C(c3cccc(OCc4ccccc4)c3)=N2)CC1. The van der Waals surface area contributed by atoms with E-state index in [0.29, 0.717) is 43.9 Å². The zero-order chi connectivity index (χ0) is 26.8. The standard InChI is InChI=1S/C29H31N5O4/c30-25(35)11-14-29(28(36)37)12-9-21(10-13-29)26-24-18-32-15-16-34(24,31)27(33-26)22-7-4-8-23(17-22)38-19-20-5-2-1-3-6-20/h1-8,15-18,21H,9-14,19,31H2,(H2-,30,35,36,37)/p+1. The third kappa shape index (κ3) is 4.90. The molecule has 2 heterocycles. The Morgan fingerprint density at radius 3 is 2.58 bits per heavy atom. The molecule has 3 aliphatic rings. The van der Waals surface area contributed by atoms with Gasteiger partial charge in [0, 0.05) is 12.3 Å². The van der Waals surface area contributed by atoms with Crippen molar-refractivity contribution >= 4 is 23.9 Å². The van der Waals surface area contributed by atoms with Gasteiger partial charge in [0.05, 0.1) is 23.4 Å². The molecule has 2 aliphatic heterocycles. The van der Waals surface area contributed by atoms with Crippen LogP contribution in [0.5, 0.6) is 5.75 Å². The average Bonchev–Trinajstić information content (AvgIpc) is 3.24. The third-order valence-corrected chi connectivity index (χ3v) is 7.80. The Balaban J connectivity index is 1.39. The predicted octanol–water partition coefficient (Wildman–Crippen LogP) is 4.01. The molecule has 1 fully saturated rings. The van der Waals surface area contributed by atoms with E-state index in [0.717, 1.165) is 22.5 Å². The van der Waals surface area contributed by atoms with Crippen molar-refractivity contribution in [2.24, 2.45) is 32.9 Å².